The summed E-state index contributed by atoms with van der Waals surface area (Å²) in [6, 6.07) is 20.0. The zero-order valence-electron chi connectivity index (χ0n) is 17.1. The summed E-state index contributed by atoms with van der Waals surface area (Å²) >= 11 is 0. The Bertz CT molecular complexity index is 1050. The number of hydrogen-bond donors (Lipinski definition) is 3. The molecule has 6 heteroatoms. The molecule has 154 valence electrons. The van der Waals surface area contributed by atoms with Crippen LogP contribution in [0.2, 0.25) is 0 Å². The quantitative estimate of drug-likeness (QED) is 0.527. The predicted molar refractivity (Wildman–Crippen MR) is 119 cm³/mol. The van der Waals surface area contributed by atoms with Crippen molar-refractivity contribution in [1.29, 1.82) is 0 Å². The topological polar surface area (TPSA) is 87.3 Å². The molecule has 3 amide bonds. The first-order chi connectivity index (χ1) is 14.5. The SMILES string of the molecule is CC(C)C(=O)Nc1ccc(C(=O)NCCNC(=O)c2cccc3ccccc23)cc1. The Morgan fingerprint density at radius 3 is 2.10 bits per heavy atom. The normalized spacial score (nSPS) is 10.6. The van der Waals surface area contributed by atoms with Crippen LogP contribution in [0.4, 0.5) is 5.69 Å². The van der Waals surface area contributed by atoms with Crippen molar-refractivity contribution < 1.29 is 14.4 Å². The van der Waals surface area contributed by atoms with Crippen LogP contribution in [0, 0.1) is 5.92 Å². The minimum atomic E-state index is -0.240. The molecular formula is C24H25N3O3. The number of hydrogen-bond acceptors (Lipinski definition) is 3. The summed E-state index contributed by atoms with van der Waals surface area (Å²) in [6.45, 7) is 4.25. The summed E-state index contributed by atoms with van der Waals surface area (Å²) in [5, 5.41) is 10.3. The van der Waals surface area contributed by atoms with E-state index in [1.165, 1.54) is 0 Å². The average molecular weight is 403 g/mol. The molecule has 0 unspecified atom stereocenters. The lowest BCUT2D eigenvalue weighted by Gasteiger charge is -2.10. The van der Waals surface area contributed by atoms with Gasteiger partial charge in [0.1, 0.15) is 0 Å². The van der Waals surface area contributed by atoms with E-state index in [0.717, 1.165) is 10.8 Å². The Morgan fingerprint density at radius 1 is 0.767 bits per heavy atom. The maximum Gasteiger partial charge on any atom is 0.251 e. The zero-order chi connectivity index (χ0) is 21.5. The van der Waals surface area contributed by atoms with Gasteiger partial charge in [0.25, 0.3) is 11.8 Å². The summed E-state index contributed by atoms with van der Waals surface area (Å²) in [6.07, 6.45) is 0. The van der Waals surface area contributed by atoms with Gasteiger partial charge in [-0.15, -0.1) is 0 Å². The van der Waals surface area contributed by atoms with Crippen LogP contribution in [0.25, 0.3) is 10.8 Å². The van der Waals surface area contributed by atoms with Crippen molar-refractivity contribution in [2.45, 2.75) is 13.8 Å². The fraction of sp³-hybridized carbons (Fsp3) is 0.208. The van der Waals surface area contributed by atoms with Gasteiger partial charge in [-0.25, -0.2) is 0 Å². The van der Waals surface area contributed by atoms with Gasteiger partial charge in [-0.1, -0.05) is 50.2 Å². The zero-order valence-corrected chi connectivity index (χ0v) is 17.1. The highest BCUT2D eigenvalue weighted by atomic mass is 16.2. The Kier molecular flexibility index (Phi) is 6.80. The van der Waals surface area contributed by atoms with E-state index in [1.807, 2.05) is 50.2 Å². The number of anilines is 1. The van der Waals surface area contributed by atoms with Crippen molar-refractivity contribution in [2.24, 2.45) is 5.92 Å². The molecule has 0 atom stereocenters. The van der Waals surface area contributed by atoms with Crippen molar-refractivity contribution in [3.05, 3.63) is 77.9 Å². The molecule has 0 aromatic heterocycles. The lowest BCUT2D eigenvalue weighted by atomic mass is 10.0. The highest BCUT2D eigenvalue weighted by Gasteiger charge is 2.11. The first-order valence-corrected chi connectivity index (χ1v) is 9.91. The molecular weight excluding hydrogens is 378 g/mol. The Hall–Kier alpha value is -3.67. The van der Waals surface area contributed by atoms with Crippen LogP contribution < -0.4 is 16.0 Å². The molecule has 0 spiro atoms. The van der Waals surface area contributed by atoms with Gasteiger partial charge in [-0.05, 0) is 41.1 Å². The Labute approximate surface area is 175 Å². The summed E-state index contributed by atoms with van der Waals surface area (Å²) in [5.74, 6) is -0.603. The largest absolute Gasteiger partial charge is 0.350 e. The number of carbonyl (C=O) groups excluding carboxylic acids is 3. The summed E-state index contributed by atoms with van der Waals surface area (Å²) in [4.78, 5) is 36.5. The first kappa shape index (κ1) is 21.0. The van der Waals surface area contributed by atoms with E-state index in [0.29, 0.717) is 29.9 Å². The third-order valence-electron chi connectivity index (χ3n) is 4.67. The molecule has 3 N–H and O–H groups in total. The van der Waals surface area contributed by atoms with Crippen molar-refractivity contribution in [2.75, 3.05) is 18.4 Å². The molecule has 0 bridgehead atoms. The molecule has 6 nitrogen and oxygen atoms in total. The molecule has 0 aliphatic carbocycles. The first-order valence-electron chi connectivity index (χ1n) is 9.91. The minimum absolute atomic E-state index is 0.0749. The van der Waals surface area contributed by atoms with Crippen LogP contribution in [0.3, 0.4) is 0 Å². The summed E-state index contributed by atoms with van der Waals surface area (Å²) < 4.78 is 0. The van der Waals surface area contributed by atoms with Crippen LogP contribution in [-0.4, -0.2) is 30.8 Å². The lowest BCUT2D eigenvalue weighted by Crippen LogP contribution is -2.34. The second kappa shape index (κ2) is 9.69. The molecule has 0 heterocycles. The summed E-state index contributed by atoms with van der Waals surface area (Å²) in [7, 11) is 0. The number of carbonyl (C=O) groups is 3. The molecule has 3 aromatic rings. The molecule has 0 saturated carbocycles. The fourth-order valence-corrected chi connectivity index (χ4v) is 2.96. The highest BCUT2D eigenvalue weighted by Crippen LogP contribution is 2.18. The number of fused-ring (bicyclic) bond motifs is 1. The minimum Gasteiger partial charge on any atom is -0.350 e. The van der Waals surface area contributed by atoms with Crippen molar-refractivity contribution in [3.63, 3.8) is 0 Å². The van der Waals surface area contributed by atoms with E-state index in [1.54, 1.807) is 30.3 Å². The molecule has 0 aliphatic heterocycles. The van der Waals surface area contributed by atoms with E-state index in [4.69, 9.17) is 0 Å². The van der Waals surface area contributed by atoms with Gasteiger partial charge in [0.2, 0.25) is 5.91 Å². The lowest BCUT2D eigenvalue weighted by molar-refractivity contribution is -0.118. The van der Waals surface area contributed by atoms with E-state index >= 15 is 0 Å². The molecule has 0 radical (unpaired) electrons. The van der Waals surface area contributed by atoms with Crippen LogP contribution >= 0.6 is 0 Å². The van der Waals surface area contributed by atoms with Gasteiger partial charge >= 0.3 is 0 Å². The standard InChI is InChI=1S/C24H25N3O3/c1-16(2)22(28)27-19-12-10-18(11-13-19)23(29)25-14-15-26-24(30)21-9-5-7-17-6-3-4-8-20(17)21/h3-13,16H,14-15H2,1-2H3,(H,25,29)(H,26,30)(H,27,28). The van der Waals surface area contributed by atoms with E-state index < -0.39 is 0 Å². The number of rotatable bonds is 7. The third-order valence-corrected chi connectivity index (χ3v) is 4.67. The van der Waals surface area contributed by atoms with Gasteiger partial charge in [0, 0.05) is 35.8 Å². The average Bonchev–Trinajstić information content (AvgIpc) is 2.76. The van der Waals surface area contributed by atoms with E-state index in [-0.39, 0.29) is 23.6 Å². The number of amides is 3. The van der Waals surface area contributed by atoms with Crippen molar-refractivity contribution in [1.82, 2.24) is 10.6 Å². The van der Waals surface area contributed by atoms with Gasteiger partial charge in [-0.2, -0.15) is 0 Å². The Morgan fingerprint density at radius 2 is 1.40 bits per heavy atom. The van der Waals surface area contributed by atoms with Crippen LogP contribution in [0.15, 0.2) is 66.7 Å². The molecule has 0 fully saturated rings. The van der Waals surface area contributed by atoms with Crippen LogP contribution in [0.1, 0.15) is 34.6 Å². The molecule has 0 aliphatic rings. The van der Waals surface area contributed by atoms with Gasteiger partial charge in [0.15, 0.2) is 0 Å². The maximum absolute atomic E-state index is 12.5. The second-order valence-corrected chi connectivity index (χ2v) is 7.26. The van der Waals surface area contributed by atoms with Gasteiger partial charge < -0.3 is 16.0 Å². The number of benzene rings is 3. The highest BCUT2D eigenvalue weighted by molar-refractivity contribution is 6.07. The van der Waals surface area contributed by atoms with E-state index in [2.05, 4.69) is 16.0 Å². The van der Waals surface area contributed by atoms with Crippen LogP contribution in [0.5, 0.6) is 0 Å². The van der Waals surface area contributed by atoms with Crippen LogP contribution in [-0.2, 0) is 4.79 Å². The monoisotopic (exact) mass is 403 g/mol. The van der Waals surface area contributed by atoms with E-state index in [9.17, 15) is 14.4 Å². The molecule has 30 heavy (non-hydrogen) atoms. The third kappa shape index (κ3) is 5.23. The second-order valence-electron chi connectivity index (χ2n) is 7.26. The van der Waals surface area contributed by atoms with Gasteiger partial charge in [0.05, 0.1) is 0 Å². The predicted octanol–water partition coefficient (Wildman–Crippen LogP) is 3.59. The molecule has 3 rings (SSSR count). The fourth-order valence-electron chi connectivity index (χ4n) is 2.96. The molecule has 3 aromatic carbocycles. The van der Waals surface area contributed by atoms with Crippen molar-refractivity contribution in [3.8, 4) is 0 Å². The molecule has 0 saturated heterocycles. The van der Waals surface area contributed by atoms with Crippen molar-refractivity contribution >= 4 is 34.2 Å². The maximum atomic E-state index is 12.5. The number of nitrogens with one attached hydrogen (secondary N) is 3. The Balaban J connectivity index is 1.48. The summed E-state index contributed by atoms with van der Waals surface area (Å²) in [5.41, 5.74) is 1.74. The smallest absolute Gasteiger partial charge is 0.251 e. The van der Waals surface area contributed by atoms with Gasteiger partial charge in [-0.3, -0.25) is 14.4 Å².